The van der Waals surface area contributed by atoms with Gasteiger partial charge in [-0.25, -0.2) is 0 Å². The van der Waals surface area contributed by atoms with Crippen molar-refractivity contribution < 1.29 is 0 Å². The van der Waals surface area contributed by atoms with Crippen molar-refractivity contribution >= 4 is 71.2 Å². The fraction of sp³-hybridized carbons (Fsp3) is 0.0233. The molecule has 0 bridgehead atoms. The lowest BCUT2D eigenvalue weighted by molar-refractivity contribution is 0.830. The van der Waals surface area contributed by atoms with Gasteiger partial charge < -0.3 is 14.8 Å². The summed E-state index contributed by atoms with van der Waals surface area (Å²) in [5.74, 6) is 0. The second-order valence-corrected chi connectivity index (χ2v) is 12.3. The first-order valence-electron chi connectivity index (χ1n) is 15.9. The van der Waals surface area contributed by atoms with Gasteiger partial charge >= 0.3 is 0 Å². The minimum absolute atomic E-state index is 0.00819. The van der Waals surface area contributed by atoms with Crippen LogP contribution in [0.25, 0.3) is 59.8 Å². The number of para-hydroxylation sites is 2. The molecular weight excluding hydrogens is 558 g/mol. The summed E-state index contributed by atoms with van der Waals surface area (Å²) in [7, 11) is 0. The highest BCUT2D eigenvalue weighted by atomic mass is 15.3. The van der Waals surface area contributed by atoms with Crippen molar-refractivity contribution in [1.29, 1.82) is 0 Å². The van der Waals surface area contributed by atoms with E-state index in [-0.39, 0.29) is 6.17 Å². The highest BCUT2D eigenvalue weighted by Crippen LogP contribution is 2.51. The number of hydrogen-bond donors (Lipinski definition) is 1. The van der Waals surface area contributed by atoms with Crippen molar-refractivity contribution in [1.82, 2.24) is 4.57 Å². The van der Waals surface area contributed by atoms with E-state index >= 15 is 0 Å². The average molecular weight is 588 g/mol. The topological polar surface area (TPSA) is 20.2 Å². The number of rotatable bonds is 3. The van der Waals surface area contributed by atoms with E-state index in [1.807, 2.05) is 0 Å². The average Bonchev–Trinajstić information content (AvgIpc) is 3.67. The maximum atomic E-state index is 3.87. The molecule has 1 N–H and O–H groups in total. The van der Waals surface area contributed by atoms with E-state index in [9.17, 15) is 0 Å². The Morgan fingerprint density at radius 3 is 1.98 bits per heavy atom. The van der Waals surface area contributed by atoms with Gasteiger partial charge in [-0.1, -0.05) is 115 Å². The van der Waals surface area contributed by atoms with Gasteiger partial charge in [0.2, 0.25) is 0 Å². The van der Waals surface area contributed by atoms with Crippen LogP contribution in [0.15, 0.2) is 164 Å². The van der Waals surface area contributed by atoms with Crippen molar-refractivity contribution in [3.05, 3.63) is 169 Å². The number of benzene rings is 8. The molecular formula is C43H29N3. The number of aromatic nitrogens is 1. The van der Waals surface area contributed by atoms with Crippen LogP contribution in [0.5, 0.6) is 0 Å². The highest BCUT2D eigenvalue weighted by Gasteiger charge is 2.33. The van der Waals surface area contributed by atoms with Crippen LogP contribution in [0, 0.1) is 0 Å². The predicted molar refractivity (Wildman–Crippen MR) is 195 cm³/mol. The molecule has 10 rings (SSSR count). The Morgan fingerprint density at radius 1 is 0.435 bits per heavy atom. The second-order valence-electron chi connectivity index (χ2n) is 12.3. The van der Waals surface area contributed by atoms with Crippen LogP contribution < -0.4 is 10.2 Å². The Labute approximate surface area is 266 Å². The summed E-state index contributed by atoms with van der Waals surface area (Å²) in [6.45, 7) is 0. The van der Waals surface area contributed by atoms with Crippen LogP contribution in [-0.2, 0) is 0 Å². The zero-order chi connectivity index (χ0) is 30.2. The van der Waals surface area contributed by atoms with Gasteiger partial charge in [-0.05, 0) is 81.0 Å². The number of nitrogens with zero attached hydrogens (tertiary/aromatic N) is 2. The fourth-order valence-electron chi connectivity index (χ4n) is 7.64. The predicted octanol–water partition coefficient (Wildman–Crippen LogP) is 11.5. The van der Waals surface area contributed by atoms with Crippen molar-refractivity contribution in [3.8, 4) is 5.69 Å². The first-order chi connectivity index (χ1) is 22.8. The van der Waals surface area contributed by atoms with E-state index in [1.165, 1.54) is 76.7 Å². The normalized spacial score (nSPS) is 14.4. The summed E-state index contributed by atoms with van der Waals surface area (Å²) in [4.78, 5) is 2.47. The fourth-order valence-corrected chi connectivity index (χ4v) is 7.64. The van der Waals surface area contributed by atoms with Gasteiger partial charge in [0.05, 0.1) is 22.4 Å². The molecule has 0 aliphatic carbocycles. The summed E-state index contributed by atoms with van der Waals surface area (Å²) in [6.07, 6.45) is -0.00819. The molecule has 3 nitrogen and oxygen atoms in total. The molecule has 1 aliphatic rings. The zero-order valence-corrected chi connectivity index (χ0v) is 25.1. The van der Waals surface area contributed by atoms with E-state index in [0.29, 0.717) is 0 Å². The lowest BCUT2D eigenvalue weighted by Gasteiger charge is -2.28. The molecule has 0 saturated heterocycles. The molecule has 8 aromatic carbocycles. The first kappa shape index (κ1) is 25.3. The van der Waals surface area contributed by atoms with Gasteiger partial charge in [0, 0.05) is 27.5 Å². The van der Waals surface area contributed by atoms with Crippen LogP contribution in [-0.4, -0.2) is 4.57 Å². The van der Waals surface area contributed by atoms with E-state index < -0.39 is 0 Å². The quantitative estimate of drug-likeness (QED) is 0.208. The highest BCUT2D eigenvalue weighted by molar-refractivity contribution is 6.19. The maximum Gasteiger partial charge on any atom is 0.130 e. The summed E-state index contributed by atoms with van der Waals surface area (Å²) in [6, 6.07) is 59.6. The molecule has 0 fully saturated rings. The molecule has 0 radical (unpaired) electrons. The Hall–Kier alpha value is -6.06. The van der Waals surface area contributed by atoms with Crippen LogP contribution >= 0.6 is 0 Å². The molecule has 1 aromatic heterocycles. The monoisotopic (exact) mass is 587 g/mol. The molecule has 216 valence electrons. The largest absolute Gasteiger partial charge is 0.359 e. The molecule has 0 amide bonds. The van der Waals surface area contributed by atoms with Crippen LogP contribution in [0.2, 0.25) is 0 Å². The van der Waals surface area contributed by atoms with Gasteiger partial charge in [-0.3, -0.25) is 0 Å². The van der Waals surface area contributed by atoms with E-state index in [4.69, 9.17) is 0 Å². The van der Waals surface area contributed by atoms with Crippen molar-refractivity contribution in [2.24, 2.45) is 0 Å². The minimum Gasteiger partial charge on any atom is -0.359 e. The lowest BCUT2D eigenvalue weighted by atomic mass is 9.98. The third-order valence-corrected chi connectivity index (χ3v) is 9.70. The number of anilines is 3. The molecule has 0 saturated carbocycles. The Morgan fingerprint density at radius 2 is 1.13 bits per heavy atom. The Bertz CT molecular complexity index is 2620. The van der Waals surface area contributed by atoms with Crippen LogP contribution in [0.4, 0.5) is 17.1 Å². The molecule has 0 spiro atoms. The van der Waals surface area contributed by atoms with E-state index in [1.54, 1.807) is 0 Å². The van der Waals surface area contributed by atoms with Crippen molar-refractivity contribution in [3.63, 3.8) is 0 Å². The van der Waals surface area contributed by atoms with E-state index in [0.717, 1.165) is 5.69 Å². The Balaban J connectivity index is 1.22. The van der Waals surface area contributed by atoms with Gasteiger partial charge in [0.25, 0.3) is 0 Å². The van der Waals surface area contributed by atoms with Crippen LogP contribution in [0.3, 0.4) is 0 Å². The molecule has 3 heteroatoms. The van der Waals surface area contributed by atoms with Crippen molar-refractivity contribution in [2.45, 2.75) is 6.17 Å². The Kier molecular flexibility index (Phi) is 5.34. The van der Waals surface area contributed by atoms with Gasteiger partial charge in [-0.15, -0.1) is 0 Å². The SMILES string of the molecule is c1ccc(C2Nc3ccc4ccc5cc(-n6c7ccccc7c7cc8ccccc8cc76)ccc5c4c3N2c2ccccc2)cc1. The molecule has 1 unspecified atom stereocenters. The molecule has 2 heterocycles. The first-order valence-corrected chi connectivity index (χ1v) is 15.9. The second kappa shape index (κ2) is 9.72. The van der Waals surface area contributed by atoms with Crippen molar-refractivity contribution in [2.75, 3.05) is 10.2 Å². The molecule has 9 aromatic rings. The summed E-state index contributed by atoms with van der Waals surface area (Å²) < 4.78 is 2.43. The molecule has 46 heavy (non-hydrogen) atoms. The van der Waals surface area contributed by atoms with Gasteiger partial charge in [-0.2, -0.15) is 0 Å². The maximum absolute atomic E-state index is 3.87. The zero-order valence-electron chi connectivity index (χ0n) is 25.1. The summed E-state index contributed by atoms with van der Waals surface area (Å²) in [5, 5.41) is 13.9. The van der Waals surface area contributed by atoms with E-state index in [2.05, 4.69) is 179 Å². The minimum atomic E-state index is -0.00819. The molecule has 1 aliphatic heterocycles. The number of fused-ring (bicyclic) bond motifs is 9. The number of hydrogen-bond acceptors (Lipinski definition) is 2. The third-order valence-electron chi connectivity index (χ3n) is 9.70. The third kappa shape index (κ3) is 3.66. The van der Waals surface area contributed by atoms with Gasteiger partial charge in [0.15, 0.2) is 0 Å². The van der Waals surface area contributed by atoms with Gasteiger partial charge in [0.1, 0.15) is 6.17 Å². The molecule has 1 atom stereocenters. The standard InChI is InChI=1S/C43H29N3/c1-3-11-29(12-4-1)43-44-38-24-21-28-19-20-32-25-34(22-23-35(32)41(28)42(38)46(43)33-15-5-2-6-16-33)45-39-18-10-9-17-36(39)37-26-30-13-7-8-14-31(30)27-40(37)45/h1-27,43-44H. The van der Waals surface area contributed by atoms with Crippen LogP contribution in [0.1, 0.15) is 11.7 Å². The summed E-state index contributed by atoms with van der Waals surface area (Å²) in [5.41, 5.74) is 8.39. The lowest BCUT2D eigenvalue weighted by Crippen LogP contribution is -2.23. The number of nitrogens with one attached hydrogen (secondary N) is 1. The summed E-state index contributed by atoms with van der Waals surface area (Å²) >= 11 is 0. The smallest absolute Gasteiger partial charge is 0.130 e.